The van der Waals surface area contributed by atoms with Crippen LogP contribution in [0.15, 0.2) is 24.3 Å². The van der Waals surface area contributed by atoms with Gasteiger partial charge in [0.05, 0.1) is 19.0 Å². The van der Waals surface area contributed by atoms with E-state index in [1.165, 1.54) is 12.7 Å². The van der Waals surface area contributed by atoms with Crippen LogP contribution in [-0.2, 0) is 22.4 Å². The molecule has 0 saturated heterocycles. The highest BCUT2D eigenvalue weighted by Crippen LogP contribution is 2.21. The summed E-state index contributed by atoms with van der Waals surface area (Å²) in [6, 6.07) is 8.16. The molecule has 1 aromatic carbocycles. The van der Waals surface area contributed by atoms with Crippen LogP contribution in [0.4, 0.5) is 0 Å². The van der Waals surface area contributed by atoms with Gasteiger partial charge in [-0.3, -0.25) is 9.78 Å². The van der Waals surface area contributed by atoms with Crippen molar-refractivity contribution >= 4 is 16.9 Å². The van der Waals surface area contributed by atoms with E-state index in [4.69, 9.17) is 4.74 Å². The lowest BCUT2D eigenvalue weighted by Crippen LogP contribution is -2.06. The fourth-order valence-corrected chi connectivity index (χ4v) is 2.08. The van der Waals surface area contributed by atoms with Crippen LogP contribution in [-0.4, -0.2) is 18.1 Å². The van der Waals surface area contributed by atoms with Crippen molar-refractivity contribution in [2.75, 3.05) is 7.11 Å². The molecule has 0 spiro atoms. The number of methoxy groups -OCH3 is 1. The molecule has 1 aromatic heterocycles. The molecule has 0 unspecified atom stereocenters. The molecule has 0 N–H and O–H groups in total. The minimum absolute atomic E-state index is 0.219. The number of nitrogens with zero attached hydrogens (tertiary/aromatic N) is 1. The van der Waals surface area contributed by atoms with Crippen molar-refractivity contribution in [3.8, 4) is 0 Å². The van der Waals surface area contributed by atoms with Crippen molar-refractivity contribution in [3.05, 3.63) is 41.1 Å². The predicted octanol–water partition coefficient (Wildman–Crippen LogP) is 2.82. The zero-order valence-electron chi connectivity index (χ0n) is 11.0. The Morgan fingerprint density at radius 3 is 2.78 bits per heavy atom. The summed E-state index contributed by atoms with van der Waals surface area (Å²) in [5, 5.41) is 1.05. The zero-order valence-corrected chi connectivity index (χ0v) is 11.0. The Balaban J connectivity index is 2.57. The Labute approximate surface area is 107 Å². The van der Waals surface area contributed by atoms with E-state index in [9.17, 15) is 4.79 Å². The minimum Gasteiger partial charge on any atom is -0.469 e. The largest absolute Gasteiger partial charge is 0.469 e. The van der Waals surface area contributed by atoms with Gasteiger partial charge in [-0.25, -0.2) is 0 Å². The van der Waals surface area contributed by atoms with Crippen LogP contribution in [0.3, 0.4) is 0 Å². The molecule has 2 rings (SSSR count). The van der Waals surface area contributed by atoms with Gasteiger partial charge in [0.2, 0.25) is 0 Å². The topological polar surface area (TPSA) is 39.2 Å². The molecule has 18 heavy (non-hydrogen) atoms. The van der Waals surface area contributed by atoms with E-state index in [-0.39, 0.29) is 5.97 Å². The highest BCUT2D eigenvalue weighted by atomic mass is 16.5. The third-order valence-corrected chi connectivity index (χ3v) is 3.06. The maximum absolute atomic E-state index is 11.4. The lowest BCUT2D eigenvalue weighted by molar-refractivity contribution is -0.139. The van der Waals surface area contributed by atoms with Gasteiger partial charge in [0.25, 0.3) is 0 Å². The number of pyridine rings is 1. The molecule has 3 nitrogen and oxygen atoms in total. The van der Waals surface area contributed by atoms with E-state index in [1.54, 1.807) is 0 Å². The average molecular weight is 243 g/mol. The number of aryl methyl sites for hydroxylation is 2. The lowest BCUT2D eigenvalue weighted by atomic mass is 10.0. The van der Waals surface area contributed by atoms with Crippen molar-refractivity contribution in [1.29, 1.82) is 0 Å². The Morgan fingerprint density at radius 2 is 2.11 bits per heavy atom. The summed E-state index contributed by atoms with van der Waals surface area (Å²) in [6.45, 7) is 4.05. The number of carbonyl (C=O) groups is 1. The summed E-state index contributed by atoms with van der Waals surface area (Å²) < 4.78 is 4.74. The van der Waals surface area contributed by atoms with Gasteiger partial charge in [-0.15, -0.1) is 0 Å². The second-order valence-electron chi connectivity index (χ2n) is 4.38. The third-order valence-electron chi connectivity index (χ3n) is 3.06. The summed E-state index contributed by atoms with van der Waals surface area (Å²) in [5.74, 6) is -0.219. The monoisotopic (exact) mass is 243 g/mol. The Kier molecular flexibility index (Phi) is 3.60. The molecule has 94 valence electrons. The number of hydrogen-bond donors (Lipinski definition) is 0. The van der Waals surface area contributed by atoms with Crippen molar-refractivity contribution in [3.63, 3.8) is 0 Å². The van der Waals surface area contributed by atoms with Gasteiger partial charge in [-0.1, -0.05) is 13.0 Å². The van der Waals surface area contributed by atoms with E-state index >= 15 is 0 Å². The van der Waals surface area contributed by atoms with Crippen LogP contribution in [0.2, 0.25) is 0 Å². The van der Waals surface area contributed by atoms with E-state index in [1.807, 2.05) is 19.1 Å². The van der Waals surface area contributed by atoms with Gasteiger partial charge in [0.1, 0.15) is 0 Å². The molecule has 0 aliphatic carbocycles. The maximum Gasteiger partial charge on any atom is 0.310 e. The van der Waals surface area contributed by atoms with Crippen molar-refractivity contribution in [2.45, 2.75) is 26.7 Å². The molecule has 0 aliphatic rings. The number of hydrogen-bond acceptors (Lipinski definition) is 3. The van der Waals surface area contributed by atoms with Gasteiger partial charge < -0.3 is 4.74 Å². The fraction of sp³-hybridized carbons (Fsp3) is 0.333. The molecule has 0 fully saturated rings. The maximum atomic E-state index is 11.4. The summed E-state index contributed by atoms with van der Waals surface area (Å²) in [7, 11) is 1.41. The molecule has 0 saturated carbocycles. The van der Waals surface area contributed by atoms with E-state index in [0.29, 0.717) is 6.42 Å². The summed E-state index contributed by atoms with van der Waals surface area (Å²) >= 11 is 0. The molecule has 0 atom stereocenters. The molecule has 1 heterocycles. The molecule has 2 aromatic rings. The van der Waals surface area contributed by atoms with Gasteiger partial charge in [0.15, 0.2) is 0 Å². The molecule has 0 bridgehead atoms. The number of esters is 1. The van der Waals surface area contributed by atoms with E-state index < -0.39 is 0 Å². The molecule has 0 amide bonds. The Bertz CT molecular complexity index is 590. The number of ether oxygens (including phenoxy) is 1. The number of carbonyl (C=O) groups excluding carboxylic acids is 1. The van der Waals surface area contributed by atoms with E-state index in [2.05, 4.69) is 24.0 Å². The first kappa shape index (κ1) is 12.6. The molecular weight excluding hydrogens is 226 g/mol. The zero-order chi connectivity index (χ0) is 13.1. The number of aromatic nitrogens is 1. The highest BCUT2D eigenvalue weighted by Gasteiger charge is 2.09. The first-order chi connectivity index (χ1) is 8.63. The van der Waals surface area contributed by atoms with Crippen LogP contribution >= 0.6 is 0 Å². The number of benzene rings is 1. The summed E-state index contributed by atoms with van der Waals surface area (Å²) in [6.07, 6.45) is 1.27. The Morgan fingerprint density at radius 1 is 1.33 bits per heavy atom. The third kappa shape index (κ3) is 2.50. The van der Waals surface area contributed by atoms with Crippen molar-refractivity contribution in [1.82, 2.24) is 4.98 Å². The van der Waals surface area contributed by atoms with Gasteiger partial charge >= 0.3 is 5.97 Å². The second kappa shape index (κ2) is 5.17. The summed E-state index contributed by atoms with van der Waals surface area (Å²) in [4.78, 5) is 15.9. The molecule has 0 aliphatic heterocycles. The van der Waals surface area contributed by atoms with Crippen LogP contribution in [0.5, 0.6) is 0 Å². The smallest absolute Gasteiger partial charge is 0.310 e. The average Bonchev–Trinajstić information content (AvgIpc) is 2.38. The molecular formula is C15H17NO2. The highest BCUT2D eigenvalue weighted by molar-refractivity contribution is 5.87. The standard InChI is InChI=1S/C15H17NO2/c1-4-11-5-6-14-13(8-11)12(7-10(2)16-14)9-15(17)18-3/h5-8H,4,9H2,1-3H3. The SMILES string of the molecule is CCc1ccc2nc(C)cc(CC(=O)OC)c2c1. The van der Waals surface area contributed by atoms with Gasteiger partial charge in [-0.2, -0.15) is 0 Å². The summed E-state index contributed by atoms with van der Waals surface area (Å²) in [5.41, 5.74) is 4.09. The first-order valence-electron chi connectivity index (χ1n) is 6.10. The van der Waals surface area contributed by atoms with Gasteiger partial charge in [0, 0.05) is 11.1 Å². The van der Waals surface area contributed by atoms with Crippen LogP contribution in [0, 0.1) is 6.92 Å². The molecule has 0 radical (unpaired) electrons. The Hall–Kier alpha value is -1.90. The first-order valence-corrected chi connectivity index (χ1v) is 6.10. The van der Waals surface area contributed by atoms with Crippen molar-refractivity contribution < 1.29 is 9.53 Å². The quantitative estimate of drug-likeness (QED) is 0.778. The van der Waals surface area contributed by atoms with E-state index in [0.717, 1.165) is 28.6 Å². The minimum atomic E-state index is -0.219. The predicted molar refractivity (Wildman–Crippen MR) is 71.6 cm³/mol. The van der Waals surface area contributed by atoms with Gasteiger partial charge in [-0.05, 0) is 42.7 Å². The second-order valence-corrected chi connectivity index (χ2v) is 4.38. The van der Waals surface area contributed by atoms with Crippen LogP contribution in [0.1, 0.15) is 23.7 Å². The fourth-order valence-electron chi connectivity index (χ4n) is 2.08. The van der Waals surface area contributed by atoms with Crippen molar-refractivity contribution in [2.24, 2.45) is 0 Å². The number of fused-ring (bicyclic) bond motifs is 1. The lowest BCUT2D eigenvalue weighted by Gasteiger charge is -2.08. The van der Waals surface area contributed by atoms with Crippen LogP contribution in [0.25, 0.3) is 10.9 Å². The normalized spacial score (nSPS) is 10.6. The molecule has 3 heteroatoms. The van der Waals surface area contributed by atoms with Crippen LogP contribution < -0.4 is 0 Å². The number of rotatable bonds is 3.